The van der Waals surface area contributed by atoms with Crippen molar-refractivity contribution < 1.29 is 4.79 Å². The standard InChI is InChI=1S/C18H20N4OS2/c1-3-5-6-12-7-9-13(10-8-12)15-11-24-18(19-15)20-17(23)16-14(4-2)21-22-25-16/h7-11H,3-6H2,1-2H3,(H,19,20,23). The molecule has 0 saturated heterocycles. The van der Waals surface area contributed by atoms with Gasteiger partial charge >= 0.3 is 0 Å². The maximum atomic E-state index is 12.3. The number of thiazole rings is 1. The number of amides is 1. The molecule has 0 fully saturated rings. The number of unbranched alkanes of at least 4 members (excludes halogenated alkanes) is 1. The molecule has 0 aliphatic rings. The molecule has 25 heavy (non-hydrogen) atoms. The number of anilines is 1. The van der Waals surface area contributed by atoms with Crippen molar-refractivity contribution in [1.82, 2.24) is 14.6 Å². The van der Waals surface area contributed by atoms with Gasteiger partial charge in [0.05, 0.1) is 11.4 Å². The summed E-state index contributed by atoms with van der Waals surface area (Å²) in [4.78, 5) is 17.4. The van der Waals surface area contributed by atoms with Gasteiger partial charge in [0.2, 0.25) is 0 Å². The third-order valence-corrected chi connectivity index (χ3v) is 5.41. The summed E-state index contributed by atoms with van der Waals surface area (Å²) in [6.45, 7) is 4.16. The number of benzene rings is 1. The number of hydrogen-bond acceptors (Lipinski definition) is 6. The minimum atomic E-state index is -0.192. The van der Waals surface area contributed by atoms with Crippen LogP contribution in [0.15, 0.2) is 29.6 Å². The summed E-state index contributed by atoms with van der Waals surface area (Å²) in [5, 5.41) is 9.37. The maximum Gasteiger partial charge on any atom is 0.271 e. The van der Waals surface area contributed by atoms with Crippen LogP contribution in [-0.4, -0.2) is 20.5 Å². The fraction of sp³-hybridized carbons (Fsp3) is 0.333. The summed E-state index contributed by atoms with van der Waals surface area (Å²) in [5.74, 6) is -0.192. The van der Waals surface area contributed by atoms with Gasteiger partial charge in [-0.15, -0.1) is 16.4 Å². The van der Waals surface area contributed by atoms with Gasteiger partial charge in [0.25, 0.3) is 5.91 Å². The lowest BCUT2D eigenvalue weighted by molar-refractivity contribution is 0.102. The third-order valence-electron chi connectivity index (χ3n) is 3.89. The Morgan fingerprint density at radius 2 is 2.00 bits per heavy atom. The summed E-state index contributed by atoms with van der Waals surface area (Å²) in [6, 6.07) is 8.49. The fourth-order valence-corrected chi connectivity index (χ4v) is 3.81. The van der Waals surface area contributed by atoms with E-state index in [0.717, 1.165) is 34.9 Å². The smallest absolute Gasteiger partial charge is 0.271 e. The molecule has 2 aromatic heterocycles. The van der Waals surface area contributed by atoms with Crippen LogP contribution in [0.4, 0.5) is 5.13 Å². The normalized spacial score (nSPS) is 10.8. The van der Waals surface area contributed by atoms with Gasteiger partial charge in [-0.3, -0.25) is 10.1 Å². The molecule has 1 amide bonds. The molecule has 3 aromatic rings. The van der Waals surface area contributed by atoms with Crippen LogP contribution in [0.2, 0.25) is 0 Å². The first-order valence-corrected chi connectivity index (χ1v) is 10.0. The molecule has 0 aliphatic heterocycles. The summed E-state index contributed by atoms with van der Waals surface area (Å²) >= 11 is 2.54. The number of aromatic nitrogens is 3. The molecule has 0 unspecified atom stereocenters. The molecule has 0 spiro atoms. The highest BCUT2D eigenvalue weighted by atomic mass is 32.1. The van der Waals surface area contributed by atoms with Crippen LogP contribution in [0.3, 0.4) is 0 Å². The van der Waals surface area contributed by atoms with Crippen molar-refractivity contribution in [3.05, 3.63) is 45.8 Å². The Labute approximate surface area is 155 Å². The van der Waals surface area contributed by atoms with Gasteiger partial charge in [0.15, 0.2) is 5.13 Å². The van der Waals surface area contributed by atoms with E-state index in [1.165, 1.54) is 29.7 Å². The largest absolute Gasteiger partial charge is 0.297 e. The summed E-state index contributed by atoms with van der Waals surface area (Å²) in [7, 11) is 0. The minimum Gasteiger partial charge on any atom is -0.297 e. The topological polar surface area (TPSA) is 67.8 Å². The number of aryl methyl sites for hydroxylation is 2. The molecule has 7 heteroatoms. The Morgan fingerprint density at radius 3 is 2.72 bits per heavy atom. The van der Waals surface area contributed by atoms with E-state index in [4.69, 9.17) is 0 Å². The second-order valence-corrected chi connectivity index (χ2v) is 7.31. The van der Waals surface area contributed by atoms with Crippen LogP contribution >= 0.6 is 22.9 Å². The van der Waals surface area contributed by atoms with E-state index in [2.05, 4.69) is 51.1 Å². The molecule has 5 nitrogen and oxygen atoms in total. The summed E-state index contributed by atoms with van der Waals surface area (Å²) < 4.78 is 3.85. The summed E-state index contributed by atoms with van der Waals surface area (Å²) in [6.07, 6.45) is 4.20. The predicted molar refractivity (Wildman–Crippen MR) is 103 cm³/mol. The number of nitrogens with one attached hydrogen (secondary N) is 1. The van der Waals surface area contributed by atoms with Crippen LogP contribution in [-0.2, 0) is 12.8 Å². The molecule has 0 bridgehead atoms. The van der Waals surface area contributed by atoms with Gasteiger partial charge < -0.3 is 0 Å². The van der Waals surface area contributed by atoms with Crippen LogP contribution < -0.4 is 5.32 Å². The fourth-order valence-electron chi connectivity index (χ4n) is 2.45. The van der Waals surface area contributed by atoms with E-state index in [-0.39, 0.29) is 5.91 Å². The molecule has 0 aliphatic carbocycles. The Morgan fingerprint density at radius 1 is 1.20 bits per heavy atom. The molecule has 2 heterocycles. The Bertz CT molecular complexity index is 839. The van der Waals surface area contributed by atoms with E-state index in [1.807, 2.05) is 12.3 Å². The molecular formula is C18H20N4OS2. The Kier molecular flexibility index (Phi) is 5.88. The van der Waals surface area contributed by atoms with Crippen molar-refractivity contribution in [3.8, 4) is 11.3 Å². The van der Waals surface area contributed by atoms with Crippen molar-refractivity contribution in [2.45, 2.75) is 39.5 Å². The number of carbonyl (C=O) groups is 1. The van der Waals surface area contributed by atoms with Crippen molar-refractivity contribution in [1.29, 1.82) is 0 Å². The van der Waals surface area contributed by atoms with E-state index >= 15 is 0 Å². The van der Waals surface area contributed by atoms with Gasteiger partial charge in [-0.25, -0.2) is 4.98 Å². The molecular weight excluding hydrogens is 352 g/mol. The molecule has 0 atom stereocenters. The van der Waals surface area contributed by atoms with Crippen LogP contribution in [0.1, 0.15) is 47.6 Å². The second-order valence-electron chi connectivity index (χ2n) is 5.69. The lowest BCUT2D eigenvalue weighted by Gasteiger charge is -2.02. The van der Waals surface area contributed by atoms with Crippen molar-refractivity contribution in [2.75, 3.05) is 5.32 Å². The lowest BCUT2D eigenvalue weighted by Crippen LogP contribution is -2.12. The number of carbonyl (C=O) groups excluding carboxylic acids is 1. The van der Waals surface area contributed by atoms with Crippen molar-refractivity contribution >= 4 is 33.9 Å². The first-order valence-electron chi connectivity index (χ1n) is 8.38. The Balaban J connectivity index is 1.69. The molecule has 1 aromatic carbocycles. The van der Waals surface area contributed by atoms with Gasteiger partial charge in [-0.05, 0) is 36.4 Å². The van der Waals surface area contributed by atoms with E-state index in [9.17, 15) is 4.79 Å². The van der Waals surface area contributed by atoms with Crippen LogP contribution in [0.5, 0.6) is 0 Å². The lowest BCUT2D eigenvalue weighted by atomic mass is 10.1. The van der Waals surface area contributed by atoms with Crippen LogP contribution in [0.25, 0.3) is 11.3 Å². The van der Waals surface area contributed by atoms with Gasteiger partial charge in [-0.2, -0.15) is 0 Å². The quantitative estimate of drug-likeness (QED) is 0.646. The number of rotatable bonds is 7. The molecule has 0 radical (unpaired) electrons. The summed E-state index contributed by atoms with van der Waals surface area (Å²) in [5.41, 5.74) is 4.01. The highest BCUT2D eigenvalue weighted by Crippen LogP contribution is 2.26. The molecule has 3 rings (SSSR count). The first kappa shape index (κ1) is 17.7. The van der Waals surface area contributed by atoms with Gasteiger partial charge in [-0.1, -0.05) is 49.0 Å². The van der Waals surface area contributed by atoms with E-state index < -0.39 is 0 Å². The molecule has 130 valence electrons. The zero-order valence-corrected chi connectivity index (χ0v) is 15.9. The number of nitrogens with zero attached hydrogens (tertiary/aromatic N) is 3. The maximum absolute atomic E-state index is 12.3. The second kappa shape index (κ2) is 8.31. The highest BCUT2D eigenvalue weighted by molar-refractivity contribution is 7.14. The van der Waals surface area contributed by atoms with Gasteiger partial charge in [0.1, 0.15) is 4.88 Å². The average molecular weight is 373 g/mol. The van der Waals surface area contributed by atoms with Crippen molar-refractivity contribution in [2.24, 2.45) is 0 Å². The monoisotopic (exact) mass is 372 g/mol. The third kappa shape index (κ3) is 4.29. The van der Waals surface area contributed by atoms with Gasteiger partial charge in [0, 0.05) is 10.9 Å². The molecule has 0 saturated carbocycles. The average Bonchev–Trinajstić information content (AvgIpc) is 3.29. The van der Waals surface area contributed by atoms with Crippen molar-refractivity contribution in [3.63, 3.8) is 0 Å². The van der Waals surface area contributed by atoms with E-state index in [0.29, 0.717) is 16.4 Å². The number of hydrogen-bond donors (Lipinski definition) is 1. The zero-order chi connectivity index (χ0) is 17.6. The first-order chi connectivity index (χ1) is 12.2. The minimum absolute atomic E-state index is 0.192. The van der Waals surface area contributed by atoms with E-state index in [1.54, 1.807) is 0 Å². The zero-order valence-electron chi connectivity index (χ0n) is 14.3. The molecule has 1 N–H and O–H groups in total. The SMILES string of the molecule is CCCCc1ccc(-c2csc(NC(=O)c3snnc3CC)n2)cc1. The predicted octanol–water partition coefficient (Wildman–Crippen LogP) is 4.82. The Hall–Kier alpha value is -2.12. The highest BCUT2D eigenvalue weighted by Gasteiger charge is 2.16. The van der Waals surface area contributed by atoms with Crippen LogP contribution in [0, 0.1) is 0 Å².